The molecule has 7 nitrogen and oxygen atoms in total. The molecular formula is C22H20BrNO6. The van der Waals surface area contributed by atoms with E-state index in [0.717, 1.165) is 0 Å². The summed E-state index contributed by atoms with van der Waals surface area (Å²) in [5.41, 5.74) is 6.09. The number of halogens is 1. The van der Waals surface area contributed by atoms with Crippen LogP contribution in [-0.4, -0.2) is 18.9 Å². The van der Waals surface area contributed by atoms with E-state index in [0.29, 0.717) is 27.6 Å². The van der Waals surface area contributed by atoms with Crippen LogP contribution in [0.25, 0.3) is 11.0 Å². The molecule has 1 aromatic carbocycles. The predicted molar refractivity (Wildman–Crippen MR) is 112 cm³/mol. The number of rotatable bonds is 2. The number of methoxy groups -OCH3 is 1. The average molecular weight is 474 g/mol. The minimum absolute atomic E-state index is 0.0778. The smallest absolute Gasteiger partial charge is 0.340 e. The first-order chi connectivity index (χ1) is 14.1. The third kappa shape index (κ3) is 3.25. The van der Waals surface area contributed by atoms with Crippen LogP contribution in [0.2, 0.25) is 0 Å². The van der Waals surface area contributed by atoms with Gasteiger partial charge >= 0.3 is 5.97 Å². The molecule has 2 aliphatic rings. The van der Waals surface area contributed by atoms with Crippen LogP contribution in [0.3, 0.4) is 0 Å². The van der Waals surface area contributed by atoms with Gasteiger partial charge in [-0.25, -0.2) is 4.79 Å². The summed E-state index contributed by atoms with van der Waals surface area (Å²) in [6.45, 7) is 3.90. The van der Waals surface area contributed by atoms with E-state index in [4.69, 9.17) is 19.6 Å². The lowest BCUT2D eigenvalue weighted by atomic mass is 9.70. The molecule has 0 radical (unpaired) electrons. The Morgan fingerprint density at radius 3 is 2.70 bits per heavy atom. The largest absolute Gasteiger partial charge is 0.465 e. The number of carbonyl (C=O) groups excluding carboxylic acids is 2. The topological polar surface area (TPSA) is 109 Å². The molecule has 1 aliphatic heterocycles. The quantitative estimate of drug-likeness (QED) is 0.662. The molecule has 30 heavy (non-hydrogen) atoms. The molecule has 156 valence electrons. The summed E-state index contributed by atoms with van der Waals surface area (Å²) in [6, 6.07) is 5.06. The molecule has 0 fully saturated rings. The molecule has 1 aliphatic carbocycles. The van der Waals surface area contributed by atoms with Gasteiger partial charge in [0.05, 0.1) is 24.7 Å². The number of fused-ring (bicyclic) bond motifs is 1. The Bertz CT molecular complexity index is 1220. The highest BCUT2D eigenvalue weighted by atomic mass is 79.9. The fourth-order valence-corrected chi connectivity index (χ4v) is 4.48. The van der Waals surface area contributed by atoms with Gasteiger partial charge in [-0.05, 0) is 23.6 Å². The first kappa shape index (κ1) is 20.4. The van der Waals surface area contributed by atoms with Crippen molar-refractivity contribution in [3.8, 4) is 0 Å². The molecule has 1 unspecified atom stereocenters. The molecule has 2 heterocycles. The van der Waals surface area contributed by atoms with E-state index in [1.807, 2.05) is 13.8 Å². The average Bonchev–Trinajstić information content (AvgIpc) is 2.66. The SMILES string of the molecule is COC(=O)C1=C(N)OC2=C(C(=O)CC(C)(C)C2)C1c1coc2ccc(Br)cc2c1=O. The summed E-state index contributed by atoms with van der Waals surface area (Å²) < 4.78 is 17.0. The van der Waals surface area contributed by atoms with Crippen LogP contribution in [0.4, 0.5) is 0 Å². The fourth-order valence-electron chi connectivity index (χ4n) is 4.12. The summed E-state index contributed by atoms with van der Waals surface area (Å²) >= 11 is 3.35. The number of allylic oxidation sites excluding steroid dienone is 2. The van der Waals surface area contributed by atoms with Gasteiger partial charge in [0, 0.05) is 28.5 Å². The molecule has 0 bridgehead atoms. The summed E-state index contributed by atoms with van der Waals surface area (Å²) in [6.07, 6.45) is 1.98. The van der Waals surface area contributed by atoms with Gasteiger partial charge in [-0.15, -0.1) is 0 Å². The van der Waals surface area contributed by atoms with Crippen molar-refractivity contribution in [2.75, 3.05) is 7.11 Å². The first-order valence-electron chi connectivity index (χ1n) is 9.36. The highest BCUT2D eigenvalue weighted by Gasteiger charge is 2.46. The molecule has 1 atom stereocenters. The highest BCUT2D eigenvalue weighted by Crippen LogP contribution is 2.47. The second kappa shape index (κ2) is 7.12. The maximum absolute atomic E-state index is 13.4. The molecule has 0 spiro atoms. The second-order valence-corrected chi connectivity index (χ2v) is 9.16. The number of ketones is 1. The zero-order chi connectivity index (χ0) is 21.8. The van der Waals surface area contributed by atoms with E-state index in [2.05, 4.69) is 15.9 Å². The van der Waals surface area contributed by atoms with Crippen molar-refractivity contribution >= 4 is 38.7 Å². The zero-order valence-corrected chi connectivity index (χ0v) is 18.3. The van der Waals surface area contributed by atoms with Crippen LogP contribution in [-0.2, 0) is 19.1 Å². The standard InChI is InChI=1S/C22H20BrNO6/c1-22(2)7-13(25)17-15(8-22)30-20(24)18(21(27)28-3)16(17)12-9-29-14-5-4-10(23)6-11(14)19(12)26/h4-6,9,16H,7-8,24H2,1-3H3. The van der Waals surface area contributed by atoms with Gasteiger partial charge in [-0.1, -0.05) is 29.8 Å². The van der Waals surface area contributed by atoms with Crippen molar-refractivity contribution in [2.24, 2.45) is 11.1 Å². The Balaban J connectivity index is 2.01. The van der Waals surface area contributed by atoms with Gasteiger partial charge in [-0.3, -0.25) is 9.59 Å². The third-order valence-electron chi connectivity index (χ3n) is 5.43. The fraction of sp³-hybridized carbons (Fsp3) is 0.318. The van der Waals surface area contributed by atoms with Gasteiger partial charge in [0.1, 0.15) is 16.9 Å². The minimum Gasteiger partial charge on any atom is -0.465 e. The van der Waals surface area contributed by atoms with E-state index >= 15 is 0 Å². The minimum atomic E-state index is -1.02. The molecule has 2 aromatic rings. The molecule has 0 saturated heterocycles. The molecule has 0 saturated carbocycles. The number of esters is 1. The predicted octanol–water partition coefficient (Wildman–Crippen LogP) is 3.66. The molecule has 4 rings (SSSR count). The summed E-state index contributed by atoms with van der Waals surface area (Å²) in [7, 11) is 1.20. The summed E-state index contributed by atoms with van der Waals surface area (Å²) in [4.78, 5) is 39.1. The first-order valence-corrected chi connectivity index (χ1v) is 10.2. The number of carbonyl (C=O) groups is 2. The van der Waals surface area contributed by atoms with Crippen molar-refractivity contribution in [2.45, 2.75) is 32.6 Å². The van der Waals surface area contributed by atoms with Gasteiger partial charge < -0.3 is 19.6 Å². The number of hydrogen-bond donors (Lipinski definition) is 1. The van der Waals surface area contributed by atoms with Crippen molar-refractivity contribution < 1.29 is 23.5 Å². The van der Waals surface area contributed by atoms with E-state index < -0.39 is 11.9 Å². The van der Waals surface area contributed by atoms with E-state index in [1.54, 1.807) is 18.2 Å². The van der Waals surface area contributed by atoms with E-state index in [-0.39, 0.29) is 45.6 Å². The molecule has 2 N–H and O–H groups in total. The van der Waals surface area contributed by atoms with Gasteiger partial charge in [0.25, 0.3) is 0 Å². The number of hydrogen-bond acceptors (Lipinski definition) is 7. The van der Waals surface area contributed by atoms with Crippen LogP contribution in [0.5, 0.6) is 0 Å². The Morgan fingerprint density at radius 1 is 1.27 bits per heavy atom. The zero-order valence-electron chi connectivity index (χ0n) is 16.7. The van der Waals surface area contributed by atoms with E-state index in [1.165, 1.54) is 13.4 Å². The van der Waals surface area contributed by atoms with Crippen molar-refractivity contribution in [3.63, 3.8) is 0 Å². The lowest BCUT2D eigenvalue weighted by molar-refractivity contribution is -0.136. The maximum atomic E-state index is 13.4. The third-order valence-corrected chi connectivity index (χ3v) is 5.93. The van der Waals surface area contributed by atoms with Crippen molar-refractivity contribution in [1.29, 1.82) is 0 Å². The van der Waals surface area contributed by atoms with Crippen LogP contribution < -0.4 is 11.2 Å². The van der Waals surface area contributed by atoms with Crippen LogP contribution in [0.15, 0.2) is 60.9 Å². The number of ether oxygens (including phenoxy) is 2. The summed E-state index contributed by atoms with van der Waals surface area (Å²) in [5, 5.41) is 0.321. The number of Topliss-reactive ketones (excluding diaryl/α,β-unsaturated/α-hetero) is 1. The van der Waals surface area contributed by atoms with Crippen LogP contribution >= 0.6 is 15.9 Å². The number of benzene rings is 1. The lowest BCUT2D eigenvalue weighted by Gasteiger charge is -2.37. The maximum Gasteiger partial charge on any atom is 0.340 e. The van der Waals surface area contributed by atoms with Gasteiger partial charge in [-0.2, -0.15) is 0 Å². The van der Waals surface area contributed by atoms with Gasteiger partial charge in [0.15, 0.2) is 11.2 Å². The molecule has 8 heteroatoms. The normalized spacial score (nSPS) is 20.8. The molecule has 0 amide bonds. The van der Waals surface area contributed by atoms with Crippen molar-refractivity contribution in [1.82, 2.24) is 0 Å². The van der Waals surface area contributed by atoms with Crippen molar-refractivity contribution in [3.05, 3.63) is 67.5 Å². The Kier molecular flexibility index (Phi) is 4.85. The van der Waals surface area contributed by atoms with E-state index in [9.17, 15) is 14.4 Å². The van der Waals surface area contributed by atoms with Gasteiger partial charge in [0.2, 0.25) is 5.88 Å². The highest BCUT2D eigenvalue weighted by molar-refractivity contribution is 9.10. The molecule has 1 aromatic heterocycles. The Labute approximate surface area is 180 Å². The Hall–Kier alpha value is -2.87. The lowest BCUT2D eigenvalue weighted by Crippen LogP contribution is -2.37. The monoisotopic (exact) mass is 473 g/mol. The summed E-state index contributed by atoms with van der Waals surface area (Å²) in [5.74, 6) is -1.79. The molecular weight excluding hydrogens is 454 g/mol. The van der Waals surface area contributed by atoms with Crippen LogP contribution in [0.1, 0.15) is 38.2 Å². The van der Waals surface area contributed by atoms with Crippen LogP contribution in [0, 0.1) is 5.41 Å². The second-order valence-electron chi connectivity index (χ2n) is 8.24. The Morgan fingerprint density at radius 2 is 2.00 bits per heavy atom. The number of nitrogens with two attached hydrogens (primary N) is 1.